The van der Waals surface area contributed by atoms with Gasteiger partial charge in [-0.3, -0.25) is 4.79 Å². The highest BCUT2D eigenvalue weighted by molar-refractivity contribution is 7.15. The first-order valence-corrected chi connectivity index (χ1v) is 10.1. The average Bonchev–Trinajstić information content (AvgIpc) is 3.32. The number of aromatic nitrogens is 3. The molecule has 0 bridgehead atoms. The van der Waals surface area contributed by atoms with Gasteiger partial charge in [0.25, 0.3) is 0 Å². The molecule has 3 heterocycles. The lowest BCUT2D eigenvalue weighted by Gasteiger charge is -2.32. The summed E-state index contributed by atoms with van der Waals surface area (Å²) in [5, 5.41) is 1.19. The van der Waals surface area contributed by atoms with Crippen LogP contribution in [0.15, 0.2) is 18.6 Å². The van der Waals surface area contributed by atoms with Crippen LogP contribution in [0.25, 0.3) is 10.6 Å². The van der Waals surface area contributed by atoms with E-state index >= 15 is 0 Å². The first-order valence-electron chi connectivity index (χ1n) is 9.25. The third-order valence-corrected chi connectivity index (χ3v) is 6.83. The molecule has 1 saturated carbocycles. The van der Waals surface area contributed by atoms with Crippen LogP contribution in [-0.4, -0.2) is 38.8 Å². The lowest BCUT2D eigenvalue weighted by molar-refractivity contribution is -0.136. The molecule has 0 radical (unpaired) electrons. The monoisotopic (exact) mass is 356 g/mol. The number of nitrogens with zero attached hydrogens (tertiary/aromatic N) is 4. The summed E-state index contributed by atoms with van der Waals surface area (Å²) in [6.07, 6.45) is 10.0. The maximum atomic E-state index is 12.6. The van der Waals surface area contributed by atoms with Gasteiger partial charge < -0.3 is 4.90 Å². The minimum Gasteiger partial charge on any atom is -0.342 e. The van der Waals surface area contributed by atoms with Gasteiger partial charge in [0.1, 0.15) is 6.33 Å². The van der Waals surface area contributed by atoms with Gasteiger partial charge in [0.05, 0.1) is 21.3 Å². The molecule has 5 nitrogen and oxygen atoms in total. The SMILES string of the molecule is Cc1nc(C2CCN(C(=O)C3CCCC3)CC2)sc1-c1ccncn1. The molecule has 4 rings (SSSR count). The van der Waals surface area contributed by atoms with Crippen molar-refractivity contribution in [3.8, 4) is 10.6 Å². The number of carbonyl (C=O) groups excluding carboxylic acids is 1. The zero-order chi connectivity index (χ0) is 17.2. The Morgan fingerprint density at radius 1 is 1.20 bits per heavy atom. The summed E-state index contributed by atoms with van der Waals surface area (Å²) in [5.74, 6) is 1.16. The fourth-order valence-electron chi connectivity index (χ4n) is 4.03. The molecule has 25 heavy (non-hydrogen) atoms. The van der Waals surface area contributed by atoms with Crippen LogP contribution >= 0.6 is 11.3 Å². The summed E-state index contributed by atoms with van der Waals surface area (Å²) >= 11 is 1.75. The molecule has 0 N–H and O–H groups in total. The second kappa shape index (κ2) is 7.20. The summed E-state index contributed by atoms with van der Waals surface area (Å²) in [5.41, 5.74) is 1.99. The van der Waals surface area contributed by atoms with E-state index in [2.05, 4.69) is 21.8 Å². The van der Waals surface area contributed by atoms with Crippen LogP contribution in [0.1, 0.15) is 55.1 Å². The molecule has 0 unspecified atom stereocenters. The van der Waals surface area contributed by atoms with Crippen molar-refractivity contribution >= 4 is 17.2 Å². The fraction of sp³-hybridized carbons (Fsp3) is 0.579. The molecule has 2 fully saturated rings. The van der Waals surface area contributed by atoms with Crippen molar-refractivity contribution in [3.63, 3.8) is 0 Å². The van der Waals surface area contributed by atoms with Gasteiger partial charge in [0.2, 0.25) is 5.91 Å². The van der Waals surface area contributed by atoms with E-state index in [0.29, 0.717) is 17.7 Å². The van der Waals surface area contributed by atoms with Crippen LogP contribution in [0.3, 0.4) is 0 Å². The zero-order valence-electron chi connectivity index (χ0n) is 14.6. The maximum Gasteiger partial charge on any atom is 0.225 e. The Balaban J connectivity index is 1.42. The van der Waals surface area contributed by atoms with Crippen molar-refractivity contribution in [1.82, 2.24) is 19.9 Å². The molecular weight excluding hydrogens is 332 g/mol. The molecule has 6 heteroatoms. The van der Waals surface area contributed by atoms with Gasteiger partial charge in [-0.1, -0.05) is 12.8 Å². The van der Waals surface area contributed by atoms with Gasteiger partial charge >= 0.3 is 0 Å². The predicted octanol–water partition coefficient (Wildman–Crippen LogP) is 3.80. The number of amides is 1. The van der Waals surface area contributed by atoms with Gasteiger partial charge in [-0.25, -0.2) is 15.0 Å². The molecular formula is C19H24N4OS. The zero-order valence-corrected chi connectivity index (χ0v) is 15.5. The van der Waals surface area contributed by atoms with E-state index in [4.69, 9.17) is 4.98 Å². The smallest absolute Gasteiger partial charge is 0.225 e. The highest BCUT2D eigenvalue weighted by Crippen LogP contribution is 2.37. The maximum absolute atomic E-state index is 12.6. The van der Waals surface area contributed by atoms with E-state index in [0.717, 1.165) is 55.0 Å². The molecule has 1 aliphatic carbocycles. The molecule has 1 saturated heterocycles. The predicted molar refractivity (Wildman–Crippen MR) is 98.4 cm³/mol. The van der Waals surface area contributed by atoms with Crippen molar-refractivity contribution < 1.29 is 4.79 Å². The van der Waals surface area contributed by atoms with Gasteiger partial charge in [0, 0.05) is 31.1 Å². The summed E-state index contributed by atoms with van der Waals surface area (Å²) in [4.78, 5) is 29.0. The number of likely N-dealkylation sites (tertiary alicyclic amines) is 1. The van der Waals surface area contributed by atoms with Crippen LogP contribution in [0.2, 0.25) is 0 Å². The summed E-state index contributed by atoms with van der Waals surface area (Å²) in [7, 11) is 0. The van der Waals surface area contributed by atoms with Crippen molar-refractivity contribution in [2.45, 2.75) is 51.4 Å². The summed E-state index contributed by atoms with van der Waals surface area (Å²) < 4.78 is 0. The van der Waals surface area contributed by atoms with Crippen LogP contribution in [-0.2, 0) is 4.79 Å². The average molecular weight is 356 g/mol. The molecule has 0 aromatic carbocycles. The molecule has 1 amide bonds. The molecule has 132 valence electrons. The first-order chi connectivity index (χ1) is 12.2. The number of hydrogen-bond acceptors (Lipinski definition) is 5. The summed E-state index contributed by atoms with van der Waals surface area (Å²) in [6.45, 7) is 3.80. The van der Waals surface area contributed by atoms with Gasteiger partial charge in [-0.15, -0.1) is 11.3 Å². The first kappa shape index (κ1) is 16.6. The van der Waals surface area contributed by atoms with Crippen molar-refractivity contribution in [1.29, 1.82) is 0 Å². The minimum absolute atomic E-state index is 0.294. The molecule has 2 aromatic rings. The van der Waals surface area contributed by atoms with Gasteiger partial charge in [-0.05, 0) is 38.7 Å². The van der Waals surface area contributed by atoms with Gasteiger partial charge in [-0.2, -0.15) is 0 Å². The third kappa shape index (κ3) is 3.45. The van der Waals surface area contributed by atoms with Crippen LogP contribution in [0, 0.1) is 12.8 Å². The molecule has 2 aromatic heterocycles. The highest BCUT2D eigenvalue weighted by Gasteiger charge is 2.31. The van der Waals surface area contributed by atoms with E-state index in [1.165, 1.54) is 17.8 Å². The molecule has 0 atom stereocenters. The number of piperidine rings is 1. The van der Waals surface area contributed by atoms with Crippen LogP contribution in [0.5, 0.6) is 0 Å². The quantitative estimate of drug-likeness (QED) is 0.839. The lowest BCUT2D eigenvalue weighted by Crippen LogP contribution is -2.40. The van der Waals surface area contributed by atoms with Crippen molar-refractivity contribution in [2.24, 2.45) is 5.92 Å². The number of thiazole rings is 1. The second-order valence-electron chi connectivity index (χ2n) is 7.14. The fourth-order valence-corrected chi connectivity index (χ4v) is 5.25. The highest BCUT2D eigenvalue weighted by atomic mass is 32.1. The van der Waals surface area contributed by atoms with Crippen molar-refractivity contribution in [3.05, 3.63) is 29.3 Å². The van der Waals surface area contributed by atoms with E-state index in [-0.39, 0.29) is 0 Å². The largest absolute Gasteiger partial charge is 0.342 e. The molecule has 2 aliphatic rings. The topological polar surface area (TPSA) is 59.0 Å². The van der Waals surface area contributed by atoms with Crippen molar-refractivity contribution in [2.75, 3.05) is 13.1 Å². The Morgan fingerprint density at radius 2 is 1.96 bits per heavy atom. The molecule has 1 aliphatic heterocycles. The second-order valence-corrected chi connectivity index (χ2v) is 8.17. The minimum atomic E-state index is 0.294. The number of rotatable bonds is 3. The van der Waals surface area contributed by atoms with Gasteiger partial charge in [0.15, 0.2) is 0 Å². The van der Waals surface area contributed by atoms with Crippen LogP contribution in [0.4, 0.5) is 0 Å². The number of hydrogen-bond donors (Lipinski definition) is 0. The standard InChI is InChI=1S/C19H24N4OS/c1-13-17(16-6-9-20-12-21-16)25-18(22-13)14-7-10-23(11-8-14)19(24)15-4-2-3-5-15/h6,9,12,14-15H,2-5,7-8,10-11H2,1H3. The Kier molecular flexibility index (Phi) is 4.79. The number of carbonyl (C=O) groups is 1. The lowest BCUT2D eigenvalue weighted by atomic mass is 9.96. The van der Waals surface area contributed by atoms with E-state index in [1.54, 1.807) is 23.9 Å². The molecule has 0 spiro atoms. The Hall–Kier alpha value is -1.82. The Morgan fingerprint density at radius 3 is 2.64 bits per heavy atom. The van der Waals surface area contributed by atoms with Crippen LogP contribution < -0.4 is 0 Å². The Bertz CT molecular complexity index is 731. The van der Waals surface area contributed by atoms with E-state index in [1.807, 2.05) is 6.07 Å². The normalized spacial score (nSPS) is 19.5. The van der Waals surface area contributed by atoms with E-state index < -0.39 is 0 Å². The Labute approximate surface area is 152 Å². The third-order valence-electron chi connectivity index (χ3n) is 5.49. The number of aryl methyl sites for hydroxylation is 1. The van der Waals surface area contributed by atoms with E-state index in [9.17, 15) is 4.79 Å². The summed E-state index contributed by atoms with van der Waals surface area (Å²) in [6, 6.07) is 1.94.